The first-order valence-corrected chi connectivity index (χ1v) is 11.7. The van der Waals surface area contributed by atoms with Crippen molar-refractivity contribution in [1.82, 2.24) is 0 Å². The Morgan fingerprint density at radius 3 is 2.19 bits per heavy atom. The van der Waals surface area contributed by atoms with Crippen molar-refractivity contribution < 1.29 is 31.1 Å². The molecular formula is C30H24F6O. The first kappa shape index (κ1) is 26.3. The molecule has 0 saturated carbocycles. The number of alkyl halides is 3. The van der Waals surface area contributed by atoms with E-state index >= 15 is 4.39 Å². The van der Waals surface area contributed by atoms with Gasteiger partial charge >= 0.3 is 6.18 Å². The molecule has 0 N–H and O–H groups in total. The van der Waals surface area contributed by atoms with Crippen LogP contribution >= 0.6 is 0 Å². The fraction of sp³-hybridized carbons (Fsp3) is 0.200. The highest BCUT2D eigenvalue weighted by atomic mass is 19.4. The standard InChI is InChI=1S/C30H24F6O/c1-2-3-4-19-6-12-24(26(31)15-19)22-11-13-25-23(17-22)10-9-21(29(25)33)8-5-20-7-14-28(27(32)16-20)37-18-30(34,35)36/h2,6-7,9-17H,1,3-5,8,18H2. The van der Waals surface area contributed by atoms with Gasteiger partial charge in [0.25, 0.3) is 0 Å². The Kier molecular flexibility index (Phi) is 7.91. The van der Waals surface area contributed by atoms with E-state index in [2.05, 4.69) is 11.3 Å². The van der Waals surface area contributed by atoms with Crippen LogP contribution in [0.5, 0.6) is 5.75 Å². The summed E-state index contributed by atoms with van der Waals surface area (Å²) < 4.78 is 85.4. The van der Waals surface area contributed by atoms with Crippen molar-refractivity contribution in [3.63, 3.8) is 0 Å². The molecule has 4 aromatic rings. The van der Waals surface area contributed by atoms with Crippen molar-refractivity contribution in [2.45, 2.75) is 31.9 Å². The Bertz CT molecular complexity index is 1420. The van der Waals surface area contributed by atoms with Gasteiger partial charge in [-0.1, -0.05) is 48.5 Å². The summed E-state index contributed by atoms with van der Waals surface area (Å²) in [4.78, 5) is 0. The highest BCUT2D eigenvalue weighted by Gasteiger charge is 2.29. The maximum absolute atomic E-state index is 15.2. The van der Waals surface area contributed by atoms with Gasteiger partial charge in [0.15, 0.2) is 18.2 Å². The minimum Gasteiger partial charge on any atom is -0.481 e. The van der Waals surface area contributed by atoms with Crippen molar-refractivity contribution >= 4 is 10.8 Å². The van der Waals surface area contributed by atoms with Gasteiger partial charge in [0.1, 0.15) is 11.6 Å². The Morgan fingerprint density at radius 1 is 0.757 bits per heavy atom. The maximum atomic E-state index is 15.2. The number of ether oxygens (including phenoxy) is 1. The largest absolute Gasteiger partial charge is 0.481 e. The molecular weight excluding hydrogens is 490 g/mol. The summed E-state index contributed by atoms with van der Waals surface area (Å²) in [7, 11) is 0. The summed E-state index contributed by atoms with van der Waals surface area (Å²) in [5.41, 5.74) is 2.85. The highest BCUT2D eigenvalue weighted by Crippen LogP contribution is 2.30. The third-order valence-electron chi connectivity index (χ3n) is 6.09. The molecule has 0 atom stereocenters. The molecule has 0 saturated heterocycles. The molecule has 4 rings (SSSR count). The Labute approximate surface area is 211 Å². The molecule has 37 heavy (non-hydrogen) atoms. The van der Waals surface area contributed by atoms with E-state index in [1.807, 2.05) is 6.07 Å². The Hall–Kier alpha value is -3.74. The second kappa shape index (κ2) is 11.1. The number of hydrogen-bond acceptors (Lipinski definition) is 1. The molecule has 0 fully saturated rings. The van der Waals surface area contributed by atoms with E-state index in [0.717, 1.165) is 24.1 Å². The van der Waals surface area contributed by atoms with Crippen LogP contribution in [-0.4, -0.2) is 12.8 Å². The number of hydrogen-bond donors (Lipinski definition) is 0. The van der Waals surface area contributed by atoms with E-state index in [0.29, 0.717) is 39.4 Å². The van der Waals surface area contributed by atoms with Gasteiger partial charge in [-0.15, -0.1) is 6.58 Å². The SMILES string of the molecule is C=CCCc1ccc(-c2ccc3c(F)c(CCc4ccc(OCC(F)(F)F)c(F)c4)ccc3c2)c(F)c1. The molecule has 0 radical (unpaired) electrons. The monoisotopic (exact) mass is 514 g/mol. The van der Waals surface area contributed by atoms with Gasteiger partial charge in [-0.25, -0.2) is 13.2 Å². The molecule has 1 nitrogen and oxygen atoms in total. The predicted octanol–water partition coefficient (Wildman–Crippen LogP) is 8.77. The van der Waals surface area contributed by atoms with Crippen LogP contribution in [0.1, 0.15) is 23.1 Å². The smallest absolute Gasteiger partial charge is 0.422 e. The van der Waals surface area contributed by atoms with Gasteiger partial charge in [-0.05, 0) is 77.6 Å². The van der Waals surface area contributed by atoms with Gasteiger partial charge in [0.2, 0.25) is 0 Å². The number of allylic oxidation sites excluding steroid dienone is 1. The third-order valence-corrected chi connectivity index (χ3v) is 6.09. The lowest BCUT2D eigenvalue weighted by atomic mass is 9.96. The van der Waals surface area contributed by atoms with Crippen LogP contribution in [0.3, 0.4) is 0 Å². The van der Waals surface area contributed by atoms with E-state index in [4.69, 9.17) is 0 Å². The van der Waals surface area contributed by atoms with Gasteiger partial charge in [0, 0.05) is 10.9 Å². The van der Waals surface area contributed by atoms with E-state index in [1.165, 1.54) is 12.1 Å². The zero-order chi connectivity index (χ0) is 26.6. The Morgan fingerprint density at radius 2 is 1.49 bits per heavy atom. The lowest BCUT2D eigenvalue weighted by Gasteiger charge is -2.12. The van der Waals surface area contributed by atoms with E-state index in [1.54, 1.807) is 42.5 Å². The summed E-state index contributed by atoms with van der Waals surface area (Å²) in [6.45, 7) is 2.09. The first-order valence-electron chi connectivity index (χ1n) is 11.7. The zero-order valence-electron chi connectivity index (χ0n) is 19.8. The Balaban J connectivity index is 1.49. The molecule has 0 aliphatic rings. The topological polar surface area (TPSA) is 9.23 Å². The molecule has 0 unspecified atom stereocenters. The van der Waals surface area contributed by atoms with Crippen molar-refractivity contribution in [3.05, 3.63) is 114 Å². The van der Waals surface area contributed by atoms with Gasteiger partial charge < -0.3 is 4.74 Å². The number of benzene rings is 4. The second-order valence-corrected chi connectivity index (χ2v) is 8.78. The fourth-order valence-corrected chi connectivity index (χ4v) is 4.17. The van der Waals surface area contributed by atoms with Gasteiger partial charge in [-0.3, -0.25) is 0 Å². The molecule has 4 aromatic carbocycles. The summed E-state index contributed by atoms with van der Waals surface area (Å²) in [6.07, 6.45) is -0.790. The average Bonchev–Trinajstić information content (AvgIpc) is 2.86. The van der Waals surface area contributed by atoms with E-state index in [9.17, 15) is 22.0 Å². The number of halogens is 6. The van der Waals surface area contributed by atoms with E-state index in [-0.39, 0.29) is 18.7 Å². The van der Waals surface area contributed by atoms with Crippen molar-refractivity contribution in [1.29, 1.82) is 0 Å². The van der Waals surface area contributed by atoms with Crippen molar-refractivity contribution in [2.24, 2.45) is 0 Å². The average molecular weight is 515 g/mol. The summed E-state index contributed by atoms with van der Waals surface area (Å²) in [5, 5.41) is 0.998. The molecule has 0 aromatic heterocycles. The zero-order valence-corrected chi connectivity index (χ0v) is 19.8. The molecule has 7 heteroatoms. The van der Waals surface area contributed by atoms with Crippen LogP contribution in [0.15, 0.2) is 79.4 Å². The van der Waals surface area contributed by atoms with Crippen LogP contribution in [0.25, 0.3) is 21.9 Å². The van der Waals surface area contributed by atoms with Crippen molar-refractivity contribution in [2.75, 3.05) is 6.61 Å². The third kappa shape index (κ3) is 6.53. The van der Waals surface area contributed by atoms with Crippen LogP contribution in [0.2, 0.25) is 0 Å². The summed E-state index contributed by atoms with van der Waals surface area (Å²) in [5.74, 6) is -2.17. The second-order valence-electron chi connectivity index (χ2n) is 8.78. The van der Waals surface area contributed by atoms with Crippen LogP contribution in [0, 0.1) is 17.5 Å². The molecule has 0 amide bonds. The van der Waals surface area contributed by atoms with Crippen LogP contribution in [-0.2, 0) is 19.3 Å². The lowest BCUT2D eigenvalue weighted by Crippen LogP contribution is -2.19. The molecule has 0 aliphatic carbocycles. The van der Waals surface area contributed by atoms with Crippen LogP contribution < -0.4 is 4.74 Å². The minimum atomic E-state index is -4.57. The van der Waals surface area contributed by atoms with Gasteiger partial charge in [0.05, 0.1) is 0 Å². The van der Waals surface area contributed by atoms with E-state index < -0.39 is 30.2 Å². The molecule has 0 bridgehead atoms. The number of rotatable bonds is 9. The van der Waals surface area contributed by atoms with Crippen molar-refractivity contribution in [3.8, 4) is 16.9 Å². The summed E-state index contributed by atoms with van der Waals surface area (Å²) in [6, 6.07) is 17.2. The fourth-order valence-electron chi connectivity index (χ4n) is 4.17. The number of aryl methyl sites for hydroxylation is 3. The predicted molar refractivity (Wildman–Crippen MR) is 133 cm³/mol. The highest BCUT2D eigenvalue weighted by molar-refractivity contribution is 5.88. The summed E-state index contributed by atoms with van der Waals surface area (Å²) >= 11 is 0. The minimum absolute atomic E-state index is 0.256. The maximum Gasteiger partial charge on any atom is 0.422 e. The normalized spacial score (nSPS) is 11.6. The van der Waals surface area contributed by atoms with Gasteiger partial charge in [-0.2, -0.15) is 13.2 Å². The lowest BCUT2D eigenvalue weighted by molar-refractivity contribution is -0.153. The molecule has 0 spiro atoms. The molecule has 0 heterocycles. The molecule has 0 aliphatic heterocycles. The first-order chi connectivity index (χ1) is 17.6. The van der Waals surface area contributed by atoms with Crippen LogP contribution in [0.4, 0.5) is 26.3 Å². The molecule has 192 valence electrons. The number of fused-ring (bicyclic) bond motifs is 1. The quantitative estimate of drug-likeness (QED) is 0.160.